The van der Waals surface area contributed by atoms with E-state index in [2.05, 4.69) is 212 Å². The van der Waals surface area contributed by atoms with Gasteiger partial charge in [0.2, 0.25) is 0 Å². The summed E-state index contributed by atoms with van der Waals surface area (Å²) in [6.45, 7) is 4.80. The molecule has 286 valence electrons. The van der Waals surface area contributed by atoms with Crippen LogP contribution in [-0.2, 0) is 5.41 Å². The summed E-state index contributed by atoms with van der Waals surface area (Å²) in [6, 6.07) is 73.6. The van der Waals surface area contributed by atoms with Gasteiger partial charge < -0.3 is 14.2 Å². The summed E-state index contributed by atoms with van der Waals surface area (Å²) in [5.74, 6) is 0. The number of nitrogens with zero attached hydrogens (tertiary/aromatic N) is 2. The first kappa shape index (κ1) is 34.3. The number of furan rings is 1. The Balaban J connectivity index is 0.912. The maximum atomic E-state index is 6.44. The predicted octanol–water partition coefficient (Wildman–Crippen LogP) is 13.3. The summed E-state index contributed by atoms with van der Waals surface area (Å²) in [7, 11) is 0. The zero-order chi connectivity index (χ0) is 40.4. The fourth-order valence-corrected chi connectivity index (χ4v) is 10.8. The Bertz CT molecular complexity index is 3420. The van der Waals surface area contributed by atoms with Crippen molar-refractivity contribution in [2.24, 2.45) is 0 Å². The molecule has 0 saturated heterocycles. The van der Waals surface area contributed by atoms with E-state index in [1.165, 1.54) is 72.5 Å². The molecule has 0 radical (unpaired) electrons. The first-order valence-corrected chi connectivity index (χ1v) is 21.3. The average Bonchev–Trinajstić information content (AvgIpc) is 3.81. The normalized spacial score (nSPS) is 14.1. The molecule has 61 heavy (non-hydrogen) atoms. The highest BCUT2D eigenvalue weighted by molar-refractivity contribution is 7.00. The average molecular weight is 779 g/mol. The van der Waals surface area contributed by atoms with Gasteiger partial charge in [-0.2, -0.15) is 0 Å². The van der Waals surface area contributed by atoms with Gasteiger partial charge in [-0.05, 0) is 116 Å². The molecular formula is C57H39BN2O. The molecule has 0 N–H and O–H groups in total. The highest BCUT2D eigenvalue weighted by Crippen LogP contribution is 2.50. The van der Waals surface area contributed by atoms with Crippen LogP contribution in [0.3, 0.4) is 0 Å². The molecule has 10 aromatic rings. The standard InChI is InChI=1S/C57H39BN2O/c1-57(2)46-17-5-3-13-42(46)43-34-29-38(35-47(43)57)36-25-30-39(31-26-36)59-50-20-8-6-18-48(50)58-49-19-7-9-21-51(49)60(53-23-12-22-52(59)55(53)58)40-32-27-37(28-33-40)41-15-11-16-45-44-14-4-10-24-54(44)61-56(41)45/h3-35H,1-2H3. The number of hydrogen-bond acceptors (Lipinski definition) is 3. The maximum Gasteiger partial charge on any atom is 0.252 e. The minimum atomic E-state index is -0.0407. The van der Waals surface area contributed by atoms with Crippen molar-refractivity contribution in [3.8, 4) is 33.4 Å². The van der Waals surface area contributed by atoms with E-state index in [4.69, 9.17) is 4.42 Å². The molecule has 1 aromatic heterocycles. The molecule has 1 aliphatic carbocycles. The van der Waals surface area contributed by atoms with Gasteiger partial charge in [0.1, 0.15) is 11.2 Å². The van der Waals surface area contributed by atoms with Gasteiger partial charge in [0.05, 0.1) is 0 Å². The van der Waals surface area contributed by atoms with Crippen LogP contribution in [-0.4, -0.2) is 6.71 Å². The number of anilines is 6. The quantitative estimate of drug-likeness (QED) is 0.166. The van der Waals surface area contributed by atoms with Crippen molar-refractivity contribution >= 4 is 79.2 Å². The Hall–Kier alpha value is -7.56. The van der Waals surface area contributed by atoms with Crippen LogP contribution in [0, 0.1) is 0 Å². The SMILES string of the molecule is CC1(C)c2ccccc2-c2ccc(-c3ccc(N4c5ccccc5B5c6ccccc6N(c6ccc(-c7cccc8c7oc7ccccc78)cc6)c6cccc4c65)cc3)cc21. The Morgan fingerprint density at radius 3 is 1.66 bits per heavy atom. The second-order valence-electron chi connectivity index (χ2n) is 17.2. The molecule has 2 aliphatic heterocycles. The molecule has 4 heteroatoms. The van der Waals surface area contributed by atoms with E-state index in [9.17, 15) is 0 Å². The molecule has 3 nitrogen and oxygen atoms in total. The Morgan fingerprint density at radius 1 is 0.410 bits per heavy atom. The van der Waals surface area contributed by atoms with Crippen molar-refractivity contribution < 1.29 is 4.42 Å². The highest BCUT2D eigenvalue weighted by atomic mass is 16.3. The minimum Gasteiger partial charge on any atom is -0.455 e. The topological polar surface area (TPSA) is 19.6 Å². The molecular weight excluding hydrogens is 739 g/mol. The van der Waals surface area contributed by atoms with Crippen LogP contribution in [0.15, 0.2) is 205 Å². The number of rotatable bonds is 4. The summed E-state index contributed by atoms with van der Waals surface area (Å²) in [5, 5.41) is 2.29. The molecule has 13 rings (SSSR count). The zero-order valence-corrected chi connectivity index (χ0v) is 33.9. The van der Waals surface area contributed by atoms with Gasteiger partial charge in [0.25, 0.3) is 6.71 Å². The third-order valence-corrected chi connectivity index (χ3v) is 13.7. The van der Waals surface area contributed by atoms with Gasteiger partial charge >= 0.3 is 0 Å². The van der Waals surface area contributed by atoms with Crippen molar-refractivity contribution in [1.29, 1.82) is 0 Å². The maximum absolute atomic E-state index is 6.44. The van der Waals surface area contributed by atoms with Crippen LogP contribution in [0.2, 0.25) is 0 Å². The van der Waals surface area contributed by atoms with Gasteiger partial charge in [-0.3, -0.25) is 0 Å². The van der Waals surface area contributed by atoms with Crippen LogP contribution in [0.25, 0.3) is 55.3 Å². The lowest BCUT2D eigenvalue weighted by Crippen LogP contribution is -2.61. The van der Waals surface area contributed by atoms with Gasteiger partial charge in [-0.25, -0.2) is 0 Å². The number of para-hydroxylation sites is 4. The molecule has 0 bridgehead atoms. The minimum absolute atomic E-state index is 0.0407. The number of hydrogen-bond donors (Lipinski definition) is 0. The highest BCUT2D eigenvalue weighted by Gasteiger charge is 2.43. The smallest absolute Gasteiger partial charge is 0.252 e. The number of fused-ring (bicyclic) bond motifs is 10. The van der Waals surface area contributed by atoms with E-state index in [1.54, 1.807) is 0 Å². The summed E-state index contributed by atoms with van der Waals surface area (Å²) in [4.78, 5) is 4.93. The van der Waals surface area contributed by atoms with Crippen LogP contribution in [0.5, 0.6) is 0 Å². The third-order valence-electron chi connectivity index (χ3n) is 13.7. The largest absolute Gasteiger partial charge is 0.455 e. The number of benzene rings is 9. The third kappa shape index (κ3) is 4.88. The first-order valence-electron chi connectivity index (χ1n) is 21.3. The lowest BCUT2D eigenvalue weighted by Gasteiger charge is -2.44. The molecule has 0 amide bonds. The van der Waals surface area contributed by atoms with Gasteiger partial charge in [0, 0.05) is 55.9 Å². The van der Waals surface area contributed by atoms with Gasteiger partial charge in [-0.15, -0.1) is 0 Å². The van der Waals surface area contributed by atoms with Crippen LogP contribution < -0.4 is 26.2 Å². The Labute approximate surface area is 355 Å². The van der Waals surface area contributed by atoms with Crippen molar-refractivity contribution in [1.82, 2.24) is 0 Å². The molecule has 0 unspecified atom stereocenters. The van der Waals surface area contributed by atoms with Crippen molar-refractivity contribution in [2.45, 2.75) is 19.3 Å². The lowest BCUT2D eigenvalue weighted by atomic mass is 9.33. The summed E-state index contributed by atoms with van der Waals surface area (Å²) >= 11 is 0. The second kappa shape index (κ2) is 12.7. The van der Waals surface area contributed by atoms with Crippen LogP contribution >= 0.6 is 0 Å². The second-order valence-corrected chi connectivity index (χ2v) is 17.2. The fourth-order valence-electron chi connectivity index (χ4n) is 10.8. The molecule has 0 atom stereocenters. The van der Waals surface area contributed by atoms with Gasteiger partial charge in [0.15, 0.2) is 0 Å². The zero-order valence-electron chi connectivity index (χ0n) is 33.9. The lowest BCUT2D eigenvalue weighted by molar-refractivity contribution is 0.660. The molecule has 3 aliphatic rings. The Kier molecular flexibility index (Phi) is 7.16. The van der Waals surface area contributed by atoms with Gasteiger partial charge in [-0.1, -0.05) is 153 Å². The molecule has 0 spiro atoms. The summed E-state index contributed by atoms with van der Waals surface area (Å²) < 4.78 is 6.44. The van der Waals surface area contributed by atoms with E-state index in [0.29, 0.717) is 0 Å². The molecule has 0 fully saturated rings. The van der Waals surface area contributed by atoms with E-state index in [1.807, 2.05) is 12.1 Å². The monoisotopic (exact) mass is 778 g/mol. The van der Waals surface area contributed by atoms with Crippen molar-refractivity contribution in [3.05, 3.63) is 211 Å². The van der Waals surface area contributed by atoms with Crippen molar-refractivity contribution in [3.63, 3.8) is 0 Å². The summed E-state index contributed by atoms with van der Waals surface area (Å²) in [5.41, 5.74) is 23.0. The van der Waals surface area contributed by atoms with E-state index in [0.717, 1.165) is 44.4 Å². The fraction of sp³-hybridized carbons (Fsp3) is 0.0526. The van der Waals surface area contributed by atoms with E-state index in [-0.39, 0.29) is 12.1 Å². The molecule has 3 heterocycles. The van der Waals surface area contributed by atoms with E-state index < -0.39 is 0 Å². The van der Waals surface area contributed by atoms with E-state index >= 15 is 0 Å². The molecule has 9 aromatic carbocycles. The Morgan fingerprint density at radius 2 is 0.934 bits per heavy atom. The summed E-state index contributed by atoms with van der Waals surface area (Å²) in [6.07, 6.45) is 0. The molecule has 0 saturated carbocycles. The first-order chi connectivity index (χ1) is 30.0. The van der Waals surface area contributed by atoms with Crippen LogP contribution in [0.4, 0.5) is 34.1 Å². The van der Waals surface area contributed by atoms with Crippen molar-refractivity contribution in [2.75, 3.05) is 9.80 Å². The van der Waals surface area contributed by atoms with Crippen LogP contribution in [0.1, 0.15) is 25.0 Å². The predicted molar refractivity (Wildman–Crippen MR) is 256 cm³/mol.